The van der Waals surface area contributed by atoms with E-state index in [1.54, 1.807) is 17.0 Å². The topological polar surface area (TPSA) is 142 Å². The molecule has 1 fully saturated rings. The smallest absolute Gasteiger partial charge is 0.269 e. The maximum atomic E-state index is 13.6. The molecular formula is C30H40N4O6. The summed E-state index contributed by atoms with van der Waals surface area (Å²) in [5.74, 6) is -1.47. The van der Waals surface area contributed by atoms with Crippen LogP contribution in [0.25, 0.3) is 0 Å². The van der Waals surface area contributed by atoms with Crippen molar-refractivity contribution in [3.63, 3.8) is 0 Å². The summed E-state index contributed by atoms with van der Waals surface area (Å²) >= 11 is 0. The lowest BCUT2D eigenvalue weighted by Gasteiger charge is -2.29. The first-order valence-electron chi connectivity index (χ1n) is 14.1. The third kappa shape index (κ3) is 9.15. The van der Waals surface area contributed by atoms with Crippen molar-refractivity contribution in [2.45, 2.75) is 76.9 Å². The number of benzene rings is 2. The van der Waals surface area contributed by atoms with E-state index in [1.165, 1.54) is 12.1 Å². The van der Waals surface area contributed by atoms with Gasteiger partial charge < -0.3 is 20.6 Å². The van der Waals surface area contributed by atoms with Gasteiger partial charge in [0.2, 0.25) is 17.7 Å². The molecule has 3 N–H and O–H groups in total. The minimum Gasteiger partial charge on any atom is -0.394 e. The van der Waals surface area contributed by atoms with Crippen molar-refractivity contribution in [3.05, 3.63) is 75.8 Å². The summed E-state index contributed by atoms with van der Waals surface area (Å²) in [4.78, 5) is 52.0. The molecule has 40 heavy (non-hydrogen) atoms. The molecule has 10 heteroatoms. The van der Waals surface area contributed by atoms with Crippen LogP contribution in [-0.4, -0.2) is 57.9 Å². The van der Waals surface area contributed by atoms with Gasteiger partial charge in [0.05, 0.1) is 17.6 Å². The van der Waals surface area contributed by atoms with Gasteiger partial charge in [0.15, 0.2) is 0 Å². The van der Waals surface area contributed by atoms with Gasteiger partial charge in [-0.1, -0.05) is 68.7 Å². The minimum atomic E-state index is -0.807. The van der Waals surface area contributed by atoms with Crippen LogP contribution in [0, 0.1) is 16.0 Å². The Labute approximate surface area is 235 Å². The highest BCUT2D eigenvalue weighted by molar-refractivity contribution is 5.91. The van der Waals surface area contributed by atoms with Gasteiger partial charge in [-0.25, -0.2) is 0 Å². The van der Waals surface area contributed by atoms with E-state index >= 15 is 0 Å². The molecule has 3 rings (SSSR count). The highest BCUT2D eigenvalue weighted by atomic mass is 16.6. The Morgan fingerprint density at radius 3 is 2.45 bits per heavy atom. The molecule has 0 aromatic heterocycles. The van der Waals surface area contributed by atoms with Gasteiger partial charge in [-0.2, -0.15) is 0 Å². The summed E-state index contributed by atoms with van der Waals surface area (Å²) in [6.07, 6.45) is 4.99. The number of nitro benzene ring substituents is 1. The molecule has 1 saturated heterocycles. The summed E-state index contributed by atoms with van der Waals surface area (Å²) in [7, 11) is 0. The van der Waals surface area contributed by atoms with Crippen LogP contribution >= 0.6 is 0 Å². The van der Waals surface area contributed by atoms with E-state index < -0.39 is 16.9 Å². The number of nitro groups is 1. The molecule has 0 unspecified atom stereocenters. The Balaban J connectivity index is 1.69. The Morgan fingerprint density at radius 2 is 1.80 bits per heavy atom. The number of aliphatic hydroxyl groups excluding tert-OH is 1. The van der Waals surface area contributed by atoms with E-state index in [-0.39, 0.29) is 49.0 Å². The number of amides is 3. The van der Waals surface area contributed by atoms with Crippen molar-refractivity contribution in [1.82, 2.24) is 15.5 Å². The fraction of sp³-hybridized carbons (Fsp3) is 0.500. The van der Waals surface area contributed by atoms with Gasteiger partial charge in [0, 0.05) is 44.0 Å². The first-order chi connectivity index (χ1) is 19.3. The van der Waals surface area contributed by atoms with Gasteiger partial charge in [-0.3, -0.25) is 24.5 Å². The van der Waals surface area contributed by atoms with E-state index in [1.807, 2.05) is 30.3 Å². The molecule has 0 saturated carbocycles. The normalized spacial score (nSPS) is 16.2. The largest absolute Gasteiger partial charge is 0.394 e. The highest BCUT2D eigenvalue weighted by Crippen LogP contribution is 2.21. The number of nitrogens with one attached hydrogen (secondary N) is 2. The molecule has 3 amide bonds. The average Bonchev–Trinajstić information content (AvgIpc) is 3.44. The van der Waals surface area contributed by atoms with Crippen LogP contribution in [0.2, 0.25) is 0 Å². The van der Waals surface area contributed by atoms with Gasteiger partial charge >= 0.3 is 0 Å². The van der Waals surface area contributed by atoms with E-state index in [0.717, 1.165) is 37.7 Å². The van der Waals surface area contributed by atoms with Crippen LogP contribution in [-0.2, 0) is 27.3 Å². The molecule has 1 heterocycles. The molecule has 1 aliphatic rings. The number of unbranched alkanes of at least 4 members (excludes halogenated alkanes) is 2. The van der Waals surface area contributed by atoms with Crippen LogP contribution in [0.1, 0.15) is 63.0 Å². The predicted octanol–water partition coefficient (Wildman–Crippen LogP) is 3.51. The molecule has 0 radical (unpaired) electrons. The van der Waals surface area contributed by atoms with Crippen molar-refractivity contribution >= 4 is 23.4 Å². The van der Waals surface area contributed by atoms with Crippen LogP contribution in [0.15, 0.2) is 54.6 Å². The Hall–Kier alpha value is -3.79. The molecule has 1 aliphatic heterocycles. The predicted molar refractivity (Wildman–Crippen MR) is 151 cm³/mol. The maximum Gasteiger partial charge on any atom is 0.269 e. The Kier molecular flexibility index (Phi) is 12.1. The zero-order chi connectivity index (χ0) is 28.9. The Morgan fingerprint density at radius 1 is 1.07 bits per heavy atom. The van der Waals surface area contributed by atoms with Crippen molar-refractivity contribution < 1.29 is 24.4 Å². The summed E-state index contributed by atoms with van der Waals surface area (Å²) in [5, 5.41) is 26.4. The molecule has 10 nitrogen and oxygen atoms in total. The Bertz CT molecular complexity index is 1120. The number of non-ortho nitro benzene ring substituents is 1. The summed E-state index contributed by atoms with van der Waals surface area (Å²) in [6.45, 7) is 2.67. The number of carbonyl (C=O) groups excluding carboxylic acids is 3. The lowest BCUT2D eigenvalue weighted by molar-refractivity contribution is -0.384. The minimum absolute atomic E-state index is 0.0263. The van der Waals surface area contributed by atoms with E-state index in [9.17, 15) is 29.6 Å². The van der Waals surface area contributed by atoms with E-state index in [4.69, 9.17) is 0 Å². The van der Waals surface area contributed by atoms with Gasteiger partial charge in [0.1, 0.15) is 6.04 Å². The van der Waals surface area contributed by atoms with Crippen molar-refractivity contribution in [2.75, 3.05) is 13.2 Å². The van der Waals surface area contributed by atoms with Crippen molar-refractivity contribution in [3.8, 4) is 0 Å². The van der Waals surface area contributed by atoms with E-state index in [0.29, 0.717) is 24.9 Å². The monoisotopic (exact) mass is 552 g/mol. The molecule has 2 aromatic rings. The molecular weight excluding hydrogens is 512 g/mol. The lowest BCUT2D eigenvalue weighted by atomic mass is 9.95. The number of aliphatic hydroxyl groups is 1. The quantitative estimate of drug-likeness (QED) is 0.175. The number of nitrogens with zero attached hydrogens (tertiary/aromatic N) is 2. The number of likely N-dealkylation sites (tertiary alicyclic amines) is 1. The second kappa shape index (κ2) is 15.7. The molecule has 0 bridgehead atoms. The molecule has 0 spiro atoms. The van der Waals surface area contributed by atoms with Gasteiger partial charge in [-0.05, 0) is 30.4 Å². The number of rotatable bonds is 15. The molecule has 0 aliphatic carbocycles. The van der Waals surface area contributed by atoms with Crippen LogP contribution < -0.4 is 10.6 Å². The fourth-order valence-corrected chi connectivity index (χ4v) is 5.05. The van der Waals surface area contributed by atoms with E-state index in [2.05, 4.69) is 17.6 Å². The van der Waals surface area contributed by atoms with Crippen molar-refractivity contribution in [2.24, 2.45) is 5.92 Å². The second-order valence-corrected chi connectivity index (χ2v) is 10.4. The standard InChI is InChI=1S/C30H40N4O6/c1-2-3-5-11-24(19-28(36)31-20-23-13-15-25(16-14-23)34(39)40)29(37)32-27(18-22-9-6-4-7-10-22)30(38)33-17-8-12-26(33)21-35/h4,6-7,9-10,13-16,24,26-27,35H,2-3,5,8,11-12,17-21H2,1H3,(H,31,36)(H,32,37)/t24-,26+,27+/m1/s1. The summed E-state index contributed by atoms with van der Waals surface area (Å²) in [5.41, 5.74) is 1.59. The van der Waals surface area contributed by atoms with Crippen LogP contribution in [0.3, 0.4) is 0 Å². The van der Waals surface area contributed by atoms with Crippen LogP contribution in [0.5, 0.6) is 0 Å². The van der Waals surface area contributed by atoms with Crippen LogP contribution in [0.4, 0.5) is 5.69 Å². The zero-order valence-electron chi connectivity index (χ0n) is 23.1. The highest BCUT2D eigenvalue weighted by Gasteiger charge is 2.35. The first kappa shape index (κ1) is 30.7. The summed E-state index contributed by atoms with van der Waals surface area (Å²) < 4.78 is 0. The summed E-state index contributed by atoms with van der Waals surface area (Å²) in [6, 6.07) is 14.3. The number of hydrogen-bond donors (Lipinski definition) is 3. The lowest BCUT2D eigenvalue weighted by Crippen LogP contribution is -2.53. The van der Waals surface area contributed by atoms with Gasteiger partial charge in [-0.15, -0.1) is 0 Å². The van der Waals surface area contributed by atoms with Crippen molar-refractivity contribution in [1.29, 1.82) is 0 Å². The second-order valence-electron chi connectivity index (χ2n) is 10.4. The fourth-order valence-electron chi connectivity index (χ4n) is 5.05. The zero-order valence-corrected chi connectivity index (χ0v) is 23.1. The molecule has 3 atom stereocenters. The first-order valence-corrected chi connectivity index (χ1v) is 14.1. The third-order valence-electron chi connectivity index (χ3n) is 7.36. The average molecular weight is 553 g/mol. The molecule has 2 aromatic carbocycles. The molecule has 216 valence electrons. The third-order valence-corrected chi connectivity index (χ3v) is 7.36. The SMILES string of the molecule is CCCCC[C@H](CC(=O)NCc1ccc([N+](=O)[O-])cc1)C(=O)N[C@@H](Cc1ccccc1)C(=O)N1CCC[C@H]1CO. The van der Waals surface area contributed by atoms with Gasteiger partial charge in [0.25, 0.3) is 5.69 Å². The number of hydrogen-bond acceptors (Lipinski definition) is 6. The maximum absolute atomic E-state index is 13.6. The number of carbonyl (C=O) groups is 3.